The van der Waals surface area contributed by atoms with Gasteiger partial charge in [-0.2, -0.15) is 11.3 Å². The second-order valence-corrected chi connectivity index (χ2v) is 3.78. The van der Waals surface area contributed by atoms with Crippen LogP contribution in [0.3, 0.4) is 0 Å². The molecule has 1 aromatic rings. The van der Waals surface area contributed by atoms with Crippen LogP contribution in [0, 0.1) is 0 Å². The molecular formula is C11H17NS. The lowest BCUT2D eigenvalue weighted by atomic mass is 10.3. The molecule has 0 aliphatic rings. The number of rotatable bonds is 6. The summed E-state index contributed by atoms with van der Waals surface area (Å²) in [5.41, 5.74) is 1.32. The van der Waals surface area contributed by atoms with Crippen LogP contribution in [0.15, 0.2) is 22.9 Å². The van der Waals surface area contributed by atoms with Crippen LogP contribution in [-0.2, 0) is 0 Å². The van der Waals surface area contributed by atoms with Gasteiger partial charge in [-0.25, -0.2) is 0 Å². The van der Waals surface area contributed by atoms with Gasteiger partial charge in [0, 0.05) is 0 Å². The topological polar surface area (TPSA) is 12.0 Å². The van der Waals surface area contributed by atoms with Crippen molar-refractivity contribution in [1.82, 2.24) is 5.32 Å². The van der Waals surface area contributed by atoms with Crippen LogP contribution in [0.2, 0.25) is 0 Å². The molecule has 0 saturated heterocycles. The minimum atomic E-state index is 1.09. The van der Waals surface area contributed by atoms with E-state index in [1.54, 1.807) is 11.3 Å². The standard InChI is InChI=1S/C11H17NS/c1-2-7-12-8-4-3-5-11-6-9-13-10-11/h3,5-6,9-10,12H,2,4,7-8H2,1H3. The summed E-state index contributed by atoms with van der Waals surface area (Å²) in [5, 5.41) is 7.64. The summed E-state index contributed by atoms with van der Waals surface area (Å²) in [6.45, 7) is 4.41. The highest BCUT2D eigenvalue weighted by Gasteiger charge is 1.85. The van der Waals surface area contributed by atoms with Crippen molar-refractivity contribution in [1.29, 1.82) is 0 Å². The second kappa shape index (κ2) is 6.87. The summed E-state index contributed by atoms with van der Waals surface area (Å²) in [5.74, 6) is 0. The summed E-state index contributed by atoms with van der Waals surface area (Å²) >= 11 is 1.74. The highest BCUT2D eigenvalue weighted by atomic mass is 32.1. The molecule has 0 bridgehead atoms. The third-order valence-electron chi connectivity index (χ3n) is 1.77. The van der Waals surface area contributed by atoms with Gasteiger partial charge in [-0.15, -0.1) is 0 Å². The molecule has 1 heterocycles. The first-order chi connectivity index (χ1) is 6.43. The predicted octanol–water partition coefficient (Wildman–Crippen LogP) is 3.15. The molecule has 0 aliphatic carbocycles. The average Bonchev–Trinajstić information content (AvgIpc) is 2.63. The van der Waals surface area contributed by atoms with Gasteiger partial charge in [0.1, 0.15) is 0 Å². The quantitative estimate of drug-likeness (QED) is 0.688. The SMILES string of the molecule is CCCNCCC=Cc1ccsc1. The Bertz CT molecular complexity index is 226. The van der Waals surface area contributed by atoms with Crippen LogP contribution in [-0.4, -0.2) is 13.1 Å². The van der Waals surface area contributed by atoms with Crippen molar-refractivity contribution in [2.24, 2.45) is 0 Å². The van der Waals surface area contributed by atoms with Crippen molar-refractivity contribution in [2.75, 3.05) is 13.1 Å². The fourth-order valence-electron chi connectivity index (χ4n) is 1.08. The van der Waals surface area contributed by atoms with Crippen LogP contribution in [0.1, 0.15) is 25.3 Å². The summed E-state index contributed by atoms with van der Waals surface area (Å²) in [6.07, 6.45) is 6.75. The van der Waals surface area contributed by atoms with E-state index in [4.69, 9.17) is 0 Å². The lowest BCUT2D eigenvalue weighted by Crippen LogP contribution is -2.14. The Morgan fingerprint density at radius 3 is 3.08 bits per heavy atom. The van der Waals surface area contributed by atoms with E-state index < -0.39 is 0 Å². The number of thiophene rings is 1. The Morgan fingerprint density at radius 1 is 1.46 bits per heavy atom. The third kappa shape index (κ3) is 4.86. The number of hydrogen-bond acceptors (Lipinski definition) is 2. The van der Waals surface area contributed by atoms with Gasteiger partial charge in [-0.05, 0) is 48.3 Å². The van der Waals surface area contributed by atoms with E-state index in [0.29, 0.717) is 0 Å². The van der Waals surface area contributed by atoms with Gasteiger partial charge in [0.15, 0.2) is 0 Å². The Labute approximate surface area is 84.5 Å². The van der Waals surface area contributed by atoms with Crippen LogP contribution in [0.4, 0.5) is 0 Å². The molecule has 0 fully saturated rings. The molecule has 0 aromatic carbocycles. The molecular weight excluding hydrogens is 178 g/mol. The van der Waals surface area contributed by atoms with Crippen molar-refractivity contribution < 1.29 is 0 Å². The number of hydrogen-bond donors (Lipinski definition) is 1. The van der Waals surface area contributed by atoms with E-state index in [2.05, 4.69) is 41.2 Å². The van der Waals surface area contributed by atoms with Crippen LogP contribution in [0.5, 0.6) is 0 Å². The lowest BCUT2D eigenvalue weighted by Gasteiger charge is -1.97. The Kier molecular flexibility index (Phi) is 5.54. The zero-order valence-corrected chi connectivity index (χ0v) is 8.94. The highest BCUT2D eigenvalue weighted by Crippen LogP contribution is 2.07. The minimum Gasteiger partial charge on any atom is -0.316 e. The minimum absolute atomic E-state index is 1.09. The van der Waals surface area contributed by atoms with Crippen molar-refractivity contribution in [3.05, 3.63) is 28.5 Å². The van der Waals surface area contributed by atoms with Crippen molar-refractivity contribution in [2.45, 2.75) is 19.8 Å². The lowest BCUT2D eigenvalue weighted by molar-refractivity contribution is 0.679. The Balaban J connectivity index is 2.05. The van der Waals surface area contributed by atoms with Crippen molar-refractivity contribution >= 4 is 17.4 Å². The van der Waals surface area contributed by atoms with Crippen molar-refractivity contribution in [3.8, 4) is 0 Å². The van der Waals surface area contributed by atoms with Crippen LogP contribution >= 0.6 is 11.3 Å². The fraction of sp³-hybridized carbons (Fsp3) is 0.455. The summed E-state index contributed by atoms with van der Waals surface area (Å²) in [4.78, 5) is 0. The molecule has 0 saturated carbocycles. The molecule has 72 valence electrons. The van der Waals surface area contributed by atoms with Gasteiger partial charge in [0.25, 0.3) is 0 Å². The van der Waals surface area contributed by atoms with E-state index in [1.807, 2.05) is 0 Å². The maximum absolute atomic E-state index is 3.37. The summed E-state index contributed by atoms with van der Waals surface area (Å²) in [6, 6.07) is 2.14. The van der Waals surface area contributed by atoms with Gasteiger partial charge < -0.3 is 5.32 Å². The van der Waals surface area contributed by atoms with Crippen molar-refractivity contribution in [3.63, 3.8) is 0 Å². The normalized spacial score (nSPS) is 11.2. The van der Waals surface area contributed by atoms with E-state index in [1.165, 1.54) is 12.0 Å². The largest absolute Gasteiger partial charge is 0.316 e. The van der Waals surface area contributed by atoms with E-state index in [0.717, 1.165) is 19.5 Å². The first-order valence-corrected chi connectivity index (χ1v) is 5.77. The molecule has 0 atom stereocenters. The molecule has 0 amide bonds. The smallest absolute Gasteiger partial charge is 0.00142 e. The van der Waals surface area contributed by atoms with Gasteiger partial charge >= 0.3 is 0 Å². The summed E-state index contributed by atoms with van der Waals surface area (Å²) in [7, 11) is 0. The van der Waals surface area contributed by atoms with Gasteiger partial charge in [0.05, 0.1) is 0 Å². The van der Waals surface area contributed by atoms with Crippen LogP contribution < -0.4 is 5.32 Å². The van der Waals surface area contributed by atoms with Gasteiger partial charge in [-0.1, -0.05) is 19.1 Å². The molecule has 2 heteroatoms. The average molecular weight is 195 g/mol. The van der Waals surface area contributed by atoms with Crippen LogP contribution in [0.25, 0.3) is 6.08 Å². The Hall–Kier alpha value is -0.600. The first-order valence-electron chi connectivity index (χ1n) is 4.83. The van der Waals surface area contributed by atoms with Gasteiger partial charge in [-0.3, -0.25) is 0 Å². The van der Waals surface area contributed by atoms with Gasteiger partial charge in [0.2, 0.25) is 0 Å². The first kappa shape index (κ1) is 10.5. The fourth-order valence-corrected chi connectivity index (χ4v) is 1.70. The zero-order chi connectivity index (χ0) is 9.36. The maximum atomic E-state index is 3.37. The maximum Gasteiger partial charge on any atom is -0.00142 e. The third-order valence-corrected chi connectivity index (χ3v) is 2.47. The summed E-state index contributed by atoms with van der Waals surface area (Å²) < 4.78 is 0. The monoisotopic (exact) mass is 195 g/mol. The molecule has 0 spiro atoms. The molecule has 1 rings (SSSR count). The van der Waals surface area contributed by atoms with E-state index in [9.17, 15) is 0 Å². The number of nitrogens with one attached hydrogen (secondary N) is 1. The second-order valence-electron chi connectivity index (χ2n) is 3.00. The molecule has 13 heavy (non-hydrogen) atoms. The highest BCUT2D eigenvalue weighted by molar-refractivity contribution is 7.08. The molecule has 0 unspecified atom stereocenters. The zero-order valence-electron chi connectivity index (χ0n) is 8.12. The molecule has 1 aromatic heterocycles. The molecule has 1 N–H and O–H groups in total. The molecule has 0 radical (unpaired) electrons. The van der Waals surface area contributed by atoms with E-state index >= 15 is 0 Å². The predicted molar refractivity (Wildman–Crippen MR) is 61.1 cm³/mol. The van der Waals surface area contributed by atoms with E-state index in [-0.39, 0.29) is 0 Å². The molecule has 0 aliphatic heterocycles. The Morgan fingerprint density at radius 2 is 2.38 bits per heavy atom. The molecule has 1 nitrogen and oxygen atoms in total.